The second-order valence-corrected chi connectivity index (χ2v) is 4.44. The lowest BCUT2D eigenvalue weighted by Gasteiger charge is -2.07. The van der Waals surface area contributed by atoms with Crippen molar-refractivity contribution in [3.05, 3.63) is 64.4 Å². The number of ether oxygens (including phenoxy) is 1. The third-order valence-electron chi connectivity index (χ3n) is 2.64. The highest BCUT2D eigenvalue weighted by molar-refractivity contribution is 6.30. The number of halogens is 2. The van der Waals surface area contributed by atoms with Crippen molar-refractivity contribution in [1.29, 1.82) is 0 Å². The van der Waals surface area contributed by atoms with E-state index in [4.69, 9.17) is 22.2 Å². The van der Waals surface area contributed by atoms with Crippen LogP contribution in [-0.4, -0.2) is 5.91 Å². The molecule has 0 aliphatic rings. The van der Waals surface area contributed by atoms with Gasteiger partial charge in [-0.1, -0.05) is 23.7 Å². The van der Waals surface area contributed by atoms with Gasteiger partial charge >= 0.3 is 0 Å². The maximum atomic E-state index is 13.0. The van der Waals surface area contributed by atoms with E-state index in [9.17, 15) is 9.18 Å². The van der Waals surface area contributed by atoms with Crippen LogP contribution >= 0.6 is 11.6 Å². The highest BCUT2D eigenvalue weighted by Crippen LogP contribution is 2.21. The number of hydrazine groups is 1. The van der Waals surface area contributed by atoms with Gasteiger partial charge in [0.05, 0.1) is 5.02 Å². The predicted molar refractivity (Wildman–Crippen MR) is 73.8 cm³/mol. The number of carbonyl (C=O) groups excluding carboxylic acids is 1. The van der Waals surface area contributed by atoms with Gasteiger partial charge in [0.25, 0.3) is 5.91 Å². The first-order valence-electron chi connectivity index (χ1n) is 5.78. The number of hydrogen-bond acceptors (Lipinski definition) is 3. The summed E-state index contributed by atoms with van der Waals surface area (Å²) >= 11 is 5.66. The van der Waals surface area contributed by atoms with Crippen molar-refractivity contribution < 1.29 is 13.9 Å². The number of rotatable bonds is 4. The molecule has 2 rings (SSSR count). The topological polar surface area (TPSA) is 64.3 Å². The Bertz CT molecular complexity index is 617. The zero-order chi connectivity index (χ0) is 14.5. The molecule has 0 bridgehead atoms. The summed E-state index contributed by atoms with van der Waals surface area (Å²) in [7, 11) is 0. The van der Waals surface area contributed by atoms with Crippen LogP contribution in [0.4, 0.5) is 4.39 Å². The van der Waals surface area contributed by atoms with E-state index in [1.165, 1.54) is 18.2 Å². The molecular formula is C14H12ClFN2O2. The van der Waals surface area contributed by atoms with Crippen LogP contribution in [0.3, 0.4) is 0 Å². The molecule has 0 saturated carbocycles. The summed E-state index contributed by atoms with van der Waals surface area (Å²) in [5.41, 5.74) is 3.37. The monoisotopic (exact) mass is 294 g/mol. The molecule has 0 aliphatic carbocycles. The number of nitrogens with two attached hydrogens (primary N) is 1. The van der Waals surface area contributed by atoms with Gasteiger partial charge in [-0.15, -0.1) is 0 Å². The lowest BCUT2D eigenvalue weighted by molar-refractivity contribution is 0.0953. The fraction of sp³-hybridized carbons (Fsp3) is 0.0714. The summed E-state index contributed by atoms with van der Waals surface area (Å²) in [5, 5.41) is 0.0115. The van der Waals surface area contributed by atoms with E-state index >= 15 is 0 Å². The maximum absolute atomic E-state index is 13.0. The highest BCUT2D eigenvalue weighted by Gasteiger charge is 2.04. The molecule has 0 heterocycles. The van der Waals surface area contributed by atoms with Gasteiger partial charge < -0.3 is 4.74 Å². The van der Waals surface area contributed by atoms with Crippen LogP contribution in [0, 0.1) is 5.82 Å². The maximum Gasteiger partial charge on any atom is 0.265 e. The Morgan fingerprint density at radius 1 is 1.25 bits per heavy atom. The Labute approximate surface area is 120 Å². The van der Waals surface area contributed by atoms with Gasteiger partial charge in [0, 0.05) is 11.6 Å². The fourth-order valence-electron chi connectivity index (χ4n) is 1.57. The third kappa shape index (κ3) is 3.46. The minimum atomic E-state index is -0.490. The average Bonchev–Trinajstić information content (AvgIpc) is 2.48. The van der Waals surface area contributed by atoms with Crippen molar-refractivity contribution in [1.82, 2.24) is 5.43 Å². The molecule has 2 aromatic carbocycles. The van der Waals surface area contributed by atoms with E-state index in [1.54, 1.807) is 24.3 Å². The van der Waals surface area contributed by atoms with Crippen molar-refractivity contribution in [2.75, 3.05) is 0 Å². The largest absolute Gasteiger partial charge is 0.489 e. The minimum Gasteiger partial charge on any atom is -0.489 e. The van der Waals surface area contributed by atoms with Crippen molar-refractivity contribution in [3.8, 4) is 5.75 Å². The molecule has 0 aromatic heterocycles. The number of benzene rings is 2. The summed E-state index contributed by atoms with van der Waals surface area (Å²) in [6, 6.07) is 10.9. The van der Waals surface area contributed by atoms with Crippen molar-refractivity contribution in [2.24, 2.45) is 5.84 Å². The third-order valence-corrected chi connectivity index (χ3v) is 2.93. The number of carbonyl (C=O) groups is 1. The molecule has 3 N–H and O–H groups in total. The minimum absolute atomic E-state index is 0.0115. The number of amides is 1. The van der Waals surface area contributed by atoms with Gasteiger partial charge in [-0.25, -0.2) is 10.2 Å². The quantitative estimate of drug-likeness (QED) is 0.518. The van der Waals surface area contributed by atoms with E-state index in [0.717, 1.165) is 5.56 Å². The van der Waals surface area contributed by atoms with Gasteiger partial charge in [-0.3, -0.25) is 10.2 Å². The average molecular weight is 295 g/mol. The van der Waals surface area contributed by atoms with Crippen LogP contribution in [-0.2, 0) is 6.61 Å². The summed E-state index contributed by atoms with van der Waals surface area (Å²) < 4.78 is 18.5. The zero-order valence-electron chi connectivity index (χ0n) is 10.4. The lowest BCUT2D eigenvalue weighted by atomic mass is 10.1. The van der Waals surface area contributed by atoms with Gasteiger partial charge in [0.15, 0.2) is 0 Å². The molecule has 0 unspecified atom stereocenters. The van der Waals surface area contributed by atoms with Gasteiger partial charge in [0.1, 0.15) is 18.2 Å². The smallest absolute Gasteiger partial charge is 0.265 e. The van der Waals surface area contributed by atoms with Crippen LogP contribution in [0.1, 0.15) is 15.9 Å². The predicted octanol–water partition coefficient (Wildman–Crippen LogP) is 2.66. The molecule has 0 saturated heterocycles. The van der Waals surface area contributed by atoms with E-state index in [2.05, 4.69) is 0 Å². The number of hydrogen-bond donors (Lipinski definition) is 2. The van der Waals surface area contributed by atoms with Crippen LogP contribution in [0.25, 0.3) is 0 Å². The molecule has 0 spiro atoms. The zero-order valence-corrected chi connectivity index (χ0v) is 11.2. The Hall–Kier alpha value is -2.11. The molecule has 0 aliphatic heterocycles. The summed E-state index contributed by atoms with van der Waals surface area (Å²) in [6.07, 6.45) is 0. The Kier molecular flexibility index (Phi) is 4.55. The van der Waals surface area contributed by atoms with E-state index in [-0.39, 0.29) is 17.5 Å². The molecule has 2 aromatic rings. The standard InChI is InChI=1S/C14H12ClFN2O2/c15-12-7-11(5-6-13(12)16)20-8-9-1-3-10(4-2-9)14(19)18-17/h1-7H,8,17H2,(H,18,19). The molecule has 0 fully saturated rings. The fourth-order valence-corrected chi connectivity index (χ4v) is 1.74. The van der Waals surface area contributed by atoms with Crippen LogP contribution in [0.5, 0.6) is 5.75 Å². The molecule has 1 amide bonds. The Balaban J connectivity index is 2.00. The first-order valence-corrected chi connectivity index (χ1v) is 6.15. The van der Waals surface area contributed by atoms with Gasteiger partial charge in [0.2, 0.25) is 0 Å². The molecule has 0 radical (unpaired) electrons. The summed E-state index contributed by atoms with van der Waals surface area (Å²) in [6.45, 7) is 0.284. The van der Waals surface area contributed by atoms with Crippen LogP contribution in [0.2, 0.25) is 5.02 Å². The first-order chi connectivity index (χ1) is 9.60. The van der Waals surface area contributed by atoms with E-state index < -0.39 is 5.82 Å². The second-order valence-electron chi connectivity index (χ2n) is 4.03. The summed E-state index contributed by atoms with van der Waals surface area (Å²) in [4.78, 5) is 11.3. The van der Waals surface area contributed by atoms with Crippen molar-refractivity contribution in [2.45, 2.75) is 6.61 Å². The van der Waals surface area contributed by atoms with E-state index in [1.807, 2.05) is 5.43 Å². The highest BCUT2D eigenvalue weighted by atomic mass is 35.5. The lowest BCUT2D eigenvalue weighted by Crippen LogP contribution is -2.29. The normalized spacial score (nSPS) is 10.2. The Morgan fingerprint density at radius 2 is 1.95 bits per heavy atom. The van der Waals surface area contributed by atoms with Crippen LogP contribution < -0.4 is 16.0 Å². The second kappa shape index (κ2) is 6.36. The SMILES string of the molecule is NNC(=O)c1ccc(COc2ccc(F)c(Cl)c2)cc1. The Morgan fingerprint density at radius 3 is 2.55 bits per heavy atom. The van der Waals surface area contributed by atoms with Gasteiger partial charge in [-0.2, -0.15) is 0 Å². The summed E-state index contributed by atoms with van der Waals surface area (Å²) in [5.74, 6) is 4.66. The molecule has 6 heteroatoms. The molecule has 20 heavy (non-hydrogen) atoms. The number of nitrogen functional groups attached to an aromatic ring is 1. The molecule has 0 atom stereocenters. The van der Waals surface area contributed by atoms with E-state index in [0.29, 0.717) is 11.3 Å². The number of nitrogens with one attached hydrogen (secondary N) is 1. The van der Waals surface area contributed by atoms with Gasteiger partial charge in [-0.05, 0) is 29.8 Å². The van der Waals surface area contributed by atoms with Crippen LogP contribution in [0.15, 0.2) is 42.5 Å². The van der Waals surface area contributed by atoms with Crippen molar-refractivity contribution >= 4 is 17.5 Å². The molecule has 104 valence electrons. The molecule has 4 nitrogen and oxygen atoms in total. The van der Waals surface area contributed by atoms with Crippen molar-refractivity contribution in [3.63, 3.8) is 0 Å². The first kappa shape index (κ1) is 14.3. The molecular weight excluding hydrogens is 283 g/mol.